The Kier molecular flexibility index (Phi) is 6.06. The highest BCUT2D eigenvalue weighted by atomic mass is 35.5. The normalized spacial score (nSPS) is 11.3. The third-order valence-electron chi connectivity index (χ3n) is 3.23. The molecule has 0 unspecified atom stereocenters. The number of hydrogen-bond acceptors (Lipinski definition) is 3. The largest absolute Gasteiger partial charge is 0.396 e. The summed E-state index contributed by atoms with van der Waals surface area (Å²) in [5.41, 5.74) is 2.15. The van der Waals surface area contributed by atoms with E-state index in [9.17, 15) is 0 Å². The van der Waals surface area contributed by atoms with Crippen LogP contribution >= 0.6 is 34.5 Å². The standard InChI is InChI=1S/C16H19Cl2NOS/c1-10(2)16-19-14(4-3-7-20)15(21-16)8-11-5-6-12(17)9-13(11)18/h5-6,9-10,20H,3-4,7-8H2,1-2H3. The zero-order valence-corrected chi connectivity index (χ0v) is 14.5. The summed E-state index contributed by atoms with van der Waals surface area (Å²) in [7, 11) is 0. The fourth-order valence-corrected chi connectivity index (χ4v) is 3.68. The van der Waals surface area contributed by atoms with Crippen molar-refractivity contribution < 1.29 is 5.11 Å². The molecular weight excluding hydrogens is 325 g/mol. The van der Waals surface area contributed by atoms with E-state index >= 15 is 0 Å². The Morgan fingerprint density at radius 3 is 2.67 bits per heavy atom. The second kappa shape index (κ2) is 7.59. The van der Waals surface area contributed by atoms with Crippen molar-refractivity contribution in [2.45, 2.75) is 39.0 Å². The average Bonchev–Trinajstić information content (AvgIpc) is 2.83. The van der Waals surface area contributed by atoms with Gasteiger partial charge in [-0.05, 0) is 30.5 Å². The van der Waals surface area contributed by atoms with Crippen LogP contribution in [0.15, 0.2) is 18.2 Å². The van der Waals surface area contributed by atoms with Gasteiger partial charge in [0.05, 0.1) is 10.7 Å². The molecule has 2 rings (SSSR count). The van der Waals surface area contributed by atoms with Crippen molar-refractivity contribution in [3.8, 4) is 0 Å². The smallest absolute Gasteiger partial charge is 0.0956 e. The highest BCUT2D eigenvalue weighted by Crippen LogP contribution is 2.30. The van der Waals surface area contributed by atoms with Gasteiger partial charge >= 0.3 is 0 Å². The van der Waals surface area contributed by atoms with Gasteiger partial charge in [0.25, 0.3) is 0 Å². The van der Waals surface area contributed by atoms with Crippen molar-refractivity contribution in [1.29, 1.82) is 0 Å². The van der Waals surface area contributed by atoms with E-state index in [1.807, 2.05) is 12.1 Å². The summed E-state index contributed by atoms with van der Waals surface area (Å²) in [5, 5.41) is 11.5. The summed E-state index contributed by atoms with van der Waals surface area (Å²) in [6.07, 6.45) is 2.31. The monoisotopic (exact) mass is 343 g/mol. The van der Waals surface area contributed by atoms with Crippen molar-refractivity contribution in [3.05, 3.63) is 49.4 Å². The molecule has 21 heavy (non-hydrogen) atoms. The van der Waals surface area contributed by atoms with E-state index in [1.54, 1.807) is 17.4 Å². The first-order chi connectivity index (χ1) is 10.0. The summed E-state index contributed by atoms with van der Waals surface area (Å²) in [5.74, 6) is 0.414. The van der Waals surface area contributed by atoms with Crippen LogP contribution in [0.1, 0.15) is 47.3 Å². The molecule has 1 aromatic heterocycles. The van der Waals surface area contributed by atoms with Crippen LogP contribution in [0.5, 0.6) is 0 Å². The molecule has 2 nitrogen and oxygen atoms in total. The molecule has 0 spiro atoms. The molecule has 5 heteroatoms. The van der Waals surface area contributed by atoms with Crippen molar-refractivity contribution in [1.82, 2.24) is 4.98 Å². The van der Waals surface area contributed by atoms with Gasteiger partial charge in [-0.25, -0.2) is 4.98 Å². The van der Waals surface area contributed by atoms with E-state index in [2.05, 4.69) is 13.8 Å². The molecule has 0 radical (unpaired) electrons. The van der Waals surface area contributed by atoms with E-state index in [-0.39, 0.29) is 6.61 Å². The molecule has 0 amide bonds. The topological polar surface area (TPSA) is 33.1 Å². The zero-order valence-electron chi connectivity index (χ0n) is 12.2. The molecule has 2 aromatic rings. The fourth-order valence-electron chi connectivity index (χ4n) is 2.07. The Morgan fingerprint density at radius 1 is 1.29 bits per heavy atom. The molecule has 0 saturated carbocycles. The molecule has 0 aliphatic carbocycles. The minimum absolute atomic E-state index is 0.190. The quantitative estimate of drug-likeness (QED) is 0.792. The number of hydrogen-bond donors (Lipinski definition) is 1. The minimum Gasteiger partial charge on any atom is -0.396 e. The maximum absolute atomic E-state index is 9.04. The minimum atomic E-state index is 0.190. The van der Waals surface area contributed by atoms with Crippen LogP contribution in [-0.2, 0) is 12.8 Å². The first-order valence-electron chi connectivity index (χ1n) is 7.04. The van der Waals surface area contributed by atoms with Gasteiger partial charge in [-0.15, -0.1) is 11.3 Å². The van der Waals surface area contributed by atoms with E-state index in [0.29, 0.717) is 16.0 Å². The maximum atomic E-state index is 9.04. The second-order valence-electron chi connectivity index (χ2n) is 5.32. The maximum Gasteiger partial charge on any atom is 0.0956 e. The lowest BCUT2D eigenvalue weighted by Gasteiger charge is -2.05. The molecule has 0 aliphatic rings. The SMILES string of the molecule is CC(C)c1nc(CCCO)c(Cc2ccc(Cl)cc2Cl)s1. The number of rotatable bonds is 6. The van der Waals surface area contributed by atoms with Gasteiger partial charge in [-0.2, -0.15) is 0 Å². The fraction of sp³-hybridized carbons (Fsp3) is 0.438. The third-order valence-corrected chi connectivity index (χ3v) is 5.21. The third kappa shape index (κ3) is 4.43. The Hall–Kier alpha value is -0.610. The van der Waals surface area contributed by atoms with Gasteiger partial charge in [-0.1, -0.05) is 43.1 Å². The van der Waals surface area contributed by atoms with Crippen LogP contribution in [-0.4, -0.2) is 16.7 Å². The Balaban J connectivity index is 2.28. The lowest BCUT2D eigenvalue weighted by molar-refractivity contribution is 0.288. The number of aliphatic hydroxyl groups excluding tert-OH is 1. The number of aliphatic hydroxyl groups is 1. The van der Waals surface area contributed by atoms with Gasteiger partial charge in [0, 0.05) is 33.9 Å². The van der Waals surface area contributed by atoms with Crippen molar-refractivity contribution in [2.75, 3.05) is 6.61 Å². The average molecular weight is 344 g/mol. The summed E-state index contributed by atoms with van der Waals surface area (Å²) in [4.78, 5) is 5.96. The van der Waals surface area contributed by atoms with Crippen LogP contribution < -0.4 is 0 Å². The number of nitrogens with zero attached hydrogens (tertiary/aromatic N) is 1. The molecule has 114 valence electrons. The number of aromatic nitrogens is 1. The van der Waals surface area contributed by atoms with Gasteiger partial charge in [0.1, 0.15) is 0 Å². The van der Waals surface area contributed by atoms with Gasteiger partial charge in [0.2, 0.25) is 0 Å². The zero-order chi connectivity index (χ0) is 15.4. The first-order valence-corrected chi connectivity index (χ1v) is 8.61. The summed E-state index contributed by atoms with van der Waals surface area (Å²) >= 11 is 14.0. The van der Waals surface area contributed by atoms with E-state index in [0.717, 1.165) is 35.5 Å². The van der Waals surface area contributed by atoms with E-state index in [4.69, 9.17) is 33.3 Å². The second-order valence-corrected chi connectivity index (χ2v) is 7.28. The van der Waals surface area contributed by atoms with Crippen LogP contribution in [0, 0.1) is 0 Å². The molecule has 0 saturated heterocycles. The molecule has 1 heterocycles. The lowest BCUT2D eigenvalue weighted by atomic mass is 10.1. The summed E-state index contributed by atoms with van der Waals surface area (Å²) < 4.78 is 0. The molecule has 0 atom stereocenters. The highest BCUT2D eigenvalue weighted by Gasteiger charge is 2.15. The first kappa shape index (κ1) is 16.8. The van der Waals surface area contributed by atoms with Crippen molar-refractivity contribution in [2.24, 2.45) is 0 Å². The van der Waals surface area contributed by atoms with Gasteiger partial charge < -0.3 is 5.11 Å². The van der Waals surface area contributed by atoms with E-state index < -0.39 is 0 Å². The van der Waals surface area contributed by atoms with Gasteiger partial charge in [0.15, 0.2) is 0 Å². The lowest BCUT2D eigenvalue weighted by Crippen LogP contribution is -1.96. The molecule has 1 N–H and O–H groups in total. The summed E-state index contributed by atoms with van der Waals surface area (Å²) in [6.45, 7) is 4.48. The predicted molar refractivity (Wildman–Crippen MR) is 90.9 cm³/mol. The Bertz CT molecular complexity index is 610. The van der Waals surface area contributed by atoms with Crippen LogP contribution in [0.4, 0.5) is 0 Å². The highest BCUT2D eigenvalue weighted by molar-refractivity contribution is 7.11. The number of aryl methyl sites for hydroxylation is 1. The van der Waals surface area contributed by atoms with Crippen molar-refractivity contribution >= 4 is 34.5 Å². The van der Waals surface area contributed by atoms with Crippen LogP contribution in [0.3, 0.4) is 0 Å². The molecule has 0 fully saturated rings. The number of benzene rings is 1. The van der Waals surface area contributed by atoms with Crippen molar-refractivity contribution in [3.63, 3.8) is 0 Å². The van der Waals surface area contributed by atoms with Crippen LogP contribution in [0.2, 0.25) is 10.0 Å². The number of halogens is 2. The molecular formula is C16H19Cl2NOS. The van der Waals surface area contributed by atoms with Gasteiger partial charge in [-0.3, -0.25) is 0 Å². The Morgan fingerprint density at radius 2 is 2.05 bits per heavy atom. The number of thiazole rings is 1. The Labute approximate surface area is 139 Å². The van der Waals surface area contributed by atoms with Crippen LogP contribution in [0.25, 0.3) is 0 Å². The predicted octanol–water partition coefficient (Wildman–Crippen LogP) is 5.09. The van der Waals surface area contributed by atoms with E-state index in [1.165, 1.54) is 4.88 Å². The summed E-state index contributed by atoms with van der Waals surface area (Å²) in [6, 6.07) is 5.60. The molecule has 0 bridgehead atoms. The molecule has 1 aromatic carbocycles. The molecule has 0 aliphatic heterocycles.